The van der Waals surface area contributed by atoms with Crippen LogP contribution in [0.4, 0.5) is 0 Å². The fraction of sp³-hybridized carbons (Fsp3) is 0. The Kier molecular flexibility index (Phi) is 4.80. The minimum atomic E-state index is -1.48. The molecule has 0 aromatic carbocycles. The van der Waals surface area contributed by atoms with Crippen LogP contribution in [-0.2, 0) is 0 Å². The van der Waals surface area contributed by atoms with Crippen molar-refractivity contribution in [3.8, 4) is 0 Å². The van der Waals surface area contributed by atoms with Gasteiger partial charge in [0.05, 0.1) is 10.0 Å². The summed E-state index contributed by atoms with van der Waals surface area (Å²) in [7, 11) is 0. The molecular weight excluding hydrogens is 268 g/mol. The van der Waals surface area contributed by atoms with Crippen LogP contribution in [0.2, 0.25) is 10.0 Å². The predicted molar refractivity (Wildman–Crippen MR) is 55.4 cm³/mol. The minimum Gasteiger partial charge on any atom is -0.478 e. The maximum absolute atomic E-state index is 10.7. The monoisotopic (exact) mass is 271 g/mol. The first-order chi connectivity index (χ1) is 6.45. The van der Waals surface area contributed by atoms with Crippen LogP contribution in [-0.4, -0.2) is 27.1 Å². The van der Waals surface area contributed by atoms with Gasteiger partial charge in [0.1, 0.15) is 5.56 Å². The van der Waals surface area contributed by atoms with E-state index < -0.39 is 23.2 Å². The fourth-order valence-corrected chi connectivity index (χ4v) is 1.19. The smallest absolute Gasteiger partial charge is 0.355 e. The number of carboxylic acid groups (broad SMARTS) is 2. The summed E-state index contributed by atoms with van der Waals surface area (Å²) in [6, 6.07) is 0. The number of halogens is 3. The molecular formula is C7H4Cl3NO4. The van der Waals surface area contributed by atoms with Crippen LogP contribution in [0.1, 0.15) is 20.8 Å². The molecule has 1 heterocycles. The number of hydrogen-bond donors (Lipinski definition) is 2. The molecule has 2 N–H and O–H groups in total. The minimum absolute atomic E-state index is 0. The molecule has 1 aromatic heterocycles. The molecule has 0 atom stereocenters. The van der Waals surface area contributed by atoms with Gasteiger partial charge in [0.2, 0.25) is 0 Å². The molecule has 0 fully saturated rings. The molecule has 0 aliphatic heterocycles. The molecule has 0 bridgehead atoms. The second-order valence-electron chi connectivity index (χ2n) is 2.25. The van der Waals surface area contributed by atoms with Gasteiger partial charge in [-0.3, -0.25) is 0 Å². The molecule has 0 amide bonds. The Balaban J connectivity index is 0.00000196. The third-order valence-corrected chi connectivity index (χ3v) is 2.17. The standard InChI is InChI=1S/C7H3Cl2NO4.ClH/c8-2-1-10-5(7(13)14)3(4(2)9)6(11)12;/h1H,(H,11,12)(H,13,14);1H. The van der Waals surface area contributed by atoms with E-state index in [1.165, 1.54) is 0 Å². The lowest BCUT2D eigenvalue weighted by Crippen LogP contribution is -2.11. The van der Waals surface area contributed by atoms with E-state index in [9.17, 15) is 9.59 Å². The normalized spacial score (nSPS) is 9.20. The number of pyridine rings is 1. The van der Waals surface area contributed by atoms with Gasteiger partial charge in [-0.05, 0) is 0 Å². The van der Waals surface area contributed by atoms with E-state index in [2.05, 4.69) is 4.98 Å². The summed E-state index contributed by atoms with van der Waals surface area (Å²) >= 11 is 11.0. The third-order valence-electron chi connectivity index (χ3n) is 1.39. The van der Waals surface area contributed by atoms with Crippen molar-refractivity contribution in [1.29, 1.82) is 0 Å². The van der Waals surface area contributed by atoms with Gasteiger partial charge < -0.3 is 10.2 Å². The average Bonchev–Trinajstić information content (AvgIpc) is 2.08. The van der Waals surface area contributed by atoms with E-state index in [4.69, 9.17) is 33.4 Å². The maximum atomic E-state index is 10.7. The molecule has 1 aromatic rings. The largest absolute Gasteiger partial charge is 0.478 e. The Morgan fingerprint density at radius 3 is 2.13 bits per heavy atom. The molecule has 15 heavy (non-hydrogen) atoms. The number of carboxylic acids is 2. The Morgan fingerprint density at radius 1 is 1.20 bits per heavy atom. The highest BCUT2D eigenvalue weighted by Gasteiger charge is 2.22. The molecule has 1 rings (SSSR count). The lowest BCUT2D eigenvalue weighted by Gasteiger charge is -2.03. The highest BCUT2D eigenvalue weighted by Crippen LogP contribution is 2.26. The number of carbonyl (C=O) groups is 2. The first-order valence-electron chi connectivity index (χ1n) is 3.25. The zero-order valence-electron chi connectivity index (χ0n) is 6.90. The van der Waals surface area contributed by atoms with E-state index in [-0.39, 0.29) is 22.5 Å². The van der Waals surface area contributed by atoms with Gasteiger partial charge in [0, 0.05) is 6.20 Å². The lowest BCUT2D eigenvalue weighted by molar-refractivity contribution is 0.0646. The number of aromatic nitrogens is 1. The number of rotatable bonds is 2. The lowest BCUT2D eigenvalue weighted by atomic mass is 10.2. The molecule has 82 valence electrons. The molecule has 5 nitrogen and oxygen atoms in total. The topological polar surface area (TPSA) is 87.5 Å². The van der Waals surface area contributed by atoms with Gasteiger partial charge in [-0.2, -0.15) is 0 Å². The molecule has 0 unspecified atom stereocenters. The van der Waals surface area contributed by atoms with E-state index in [1.807, 2.05) is 0 Å². The van der Waals surface area contributed by atoms with Gasteiger partial charge >= 0.3 is 11.9 Å². The van der Waals surface area contributed by atoms with E-state index >= 15 is 0 Å². The Bertz CT molecular complexity index is 421. The van der Waals surface area contributed by atoms with Crippen LogP contribution in [0.5, 0.6) is 0 Å². The Labute approximate surface area is 100 Å². The molecule has 0 radical (unpaired) electrons. The summed E-state index contributed by atoms with van der Waals surface area (Å²) in [6.07, 6.45) is 0.986. The van der Waals surface area contributed by atoms with Crippen molar-refractivity contribution in [1.82, 2.24) is 4.98 Å². The zero-order chi connectivity index (χ0) is 10.9. The quantitative estimate of drug-likeness (QED) is 0.862. The molecule has 0 aliphatic rings. The van der Waals surface area contributed by atoms with Crippen molar-refractivity contribution in [3.05, 3.63) is 27.5 Å². The molecule has 0 aliphatic carbocycles. The Hall–Kier alpha value is -1.04. The Morgan fingerprint density at radius 2 is 1.73 bits per heavy atom. The SMILES string of the molecule is Cl.O=C(O)c1ncc(Cl)c(Cl)c1C(=O)O. The van der Waals surface area contributed by atoms with E-state index in [1.54, 1.807) is 0 Å². The number of aromatic carboxylic acids is 2. The van der Waals surface area contributed by atoms with Crippen LogP contribution >= 0.6 is 35.6 Å². The third kappa shape index (κ3) is 2.71. The molecule has 0 spiro atoms. The van der Waals surface area contributed by atoms with Crippen LogP contribution in [0, 0.1) is 0 Å². The second kappa shape index (κ2) is 5.16. The summed E-state index contributed by atoms with van der Waals surface area (Å²) in [6.45, 7) is 0. The van der Waals surface area contributed by atoms with E-state index in [0.29, 0.717) is 0 Å². The van der Waals surface area contributed by atoms with E-state index in [0.717, 1.165) is 6.20 Å². The van der Waals surface area contributed by atoms with Gasteiger partial charge in [0.25, 0.3) is 0 Å². The molecule has 0 saturated heterocycles. The van der Waals surface area contributed by atoms with Gasteiger partial charge in [-0.1, -0.05) is 23.2 Å². The van der Waals surface area contributed by atoms with Crippen molar-refractivity contribution < 1.29 is 19.8 Å². The number of nitrogens with zero attached hydrogens (tertiary/aromatic N) is 1. The van der Waals surface area contributed by atoms with Gasteiger partial charge in [-0.15, -0.1) is 12.4 Å². The maximum Gasteiger partial charge on any atom is 0.355 e. The number of hydrogen-bond acceptors (Lipinski definition) is 3. The summed E-state index contributed by atoms with van der Waals surface area (Å²) in [5, 5.41) is 16.8. The summed E-state index contributed by atoms with van der Waals surface area (Å²) in [5.74, 6) is -2.96. The van der Waals surface area contributed by atoms with Crippen molar-refractivity contribution in [3.63, 3.8) is 0 Å². The van der Waals surface area contributed by atoms with Crippen LogP contribution in [0.3, 0.4) is 0 Å². The summed E-state index contributed by atoms with van der Waals surface area (Å²) in [4.78, 5) is 24.6. The zero-order valence-corrected chi connectivity index (χ0v) is 9.23. The van der Waals surface area contributed by atoms with Crippen LogP contribution in [0.15, 0.2) is 6.20 Å². The van der Waals surface area contributed by atoms with Gasteiger partial charge in [-0.25, -0.2) is 14.6 Å². The molecule has 8 heteroatoms. The van der Waals surface area contributed by atoms with Crippen molar-refractivity contribution in [2.75, 3.05) is 0 Å². The van der Waals surface area contributed by atoms with Crippen LogP contribution < -0.4 is 0 Å². The second-order valence-corrected chi connectivity index (χ2v) is 3.04. The highest BCUT2D eigenvalue weighted by atomic mass is 35.5. The highest BCUT2D eigenvalue weighted by molar-refractivity contribution is 6.44. The summed E-state index contributed by atoms with van der Waals surface area (Å²) < 4.78 is 0. The predicted octanol–water partition coefficient (Wildman–Crippen LogP) is 2.21. The average molecular weight is 272 g/mol. The first kappa shape index (κ1) is 14.0. The molecule has 0 saturated carbocycles. The fourth-order valence-electron chi connectivity index (χ4n) is 0.823. The van der Waals surface area contributed by atoms with Crippen molar-refractivity contribution in [2.24, 2.45) is 0 Å². The van der Waals surface area contributed by atoms with Crippen LogP contribution in [0.25, 0.3) is 0 Å². The van der Waals surface area contributed by atoms with Crippen molar-refractivity contribution >= 4 is 47.5 Å². The van der Waals surface area contributed by atoms with Crippen molar-refractivity contribution in [2.45, 2.75) is 0 Å². The summed E-state index contributed by atoms with van der Waals surface area (Å²) in [5.41, 5.74) is -1.24. The van der Waals surface area contributed by atoms with Gasteiger partial charge in [0.15, 0.2) is 5.69 Å². The first-order valence-corrected chi connectivity index (χ1v) is 4.01.